The van der Waals surface area contributed by atoms with E-state index in [1.807, 2.05) is 6.07 Å². The van der Waals surface area contributed by atoms with E-state index < -0.39 is 17.8 Å². The Morgan fingerprint density at radius 3 is 2.52 bits per heavy atom. The first kappa shape index (κ1) is 14.6. The van der Waals surface area contributed by atoms with Gasteiger partial charge < -0.3 is 5.11 Å². The van der Waals surface area contributed by atoms with Crippen LogP contribution in [-0.4, -0.2) is 5.11 Å². The minimum absolute atomic E-state index is 0.0661. The molecule has 0 fully saturated rings. The van der Waals surface area contributed by atoms with Crippen LogP contribution in [0.5, 0.6) is 0 Å². The summed E-state index contributed by atoms with van der Waals surface area (Å²) < 4.78 is 39.1. The fourth-order valence-electron chi connectivity index (χ4n) is 2.80. The third kappa shape index (κ3) is 2.85. The van der Waals surface area contributed by atoms with Crippen molar-refractivity contribution in [3.8, 4) is 0 Å². The van der Waals surface area contributed by atoms with Crippen molar-refractivity contribution in [1.82, 2.24) is 0 Å². The van der Waals surface area contributed by atoms with Crippen molar-refractivity contribution in [1.29, 1.82) is 0 Å². The van der Waals surface area contributed by atoms with E-state index in [1.54, 1.807) is 0 Å². The Labute approximate surface area is 125 Å². The lowest BCUT2D eigenvalue weighted by molar-refractivity contribution is -0.138. The second-order valence-electron chi connectivity index (χ2n) is 5.29. The van der Waals surface area contributed by atoms with Gasteiger partial charge in [-0.2, -0.15) is 13.2 Å². The summed E-state index contributed by atoms with van der Waals surface area (Å²) in [4.78, 5) is 1.82. The molecule has 0 amide bonds. The lowest BCUT2D eigenvalue weighted by Gasteiger charge is -2.16. The van der Waals surface area contributed by atoms with Gasteiger partial charge in [0.15, 0.2) is 0 Å². The fraction of sp³-hybridized carbons (Fsp3) is 0.375. The average molecular weight is 312 g/mol. The molecule has 0 spiro atoms. The van der Waals surface area contributed by atoms with Crippen LogP contribution in [0.2, 0.25) is 0 Å². The van der Waals surface area contributed by atoms with Crippen LogP contribution < -0.4 is 0 Å². The lowest BCUT2D eigenvalue weighted by atomic mass is 9.97. The first-order valence-electron chi connectivity index (χ1n) is 6.92. The summed E-state index contributed by atoms with van der Waals surface area (Å²) in [5, 5.41) is 10.4. The first-order valence-corrected chi connectivity index (χ1v) is 7.74. The van der Waals surface area contributed by atoms with Crippen molar-refractivity contribution in [2.75, 3.05) is 0 Å². The Hall–Kier alpha value is -1.33. The van der Waals surface area contributed by atoms with E-state index in [0.717, 1.165) is 31.7 Å². The van der Waals surface area contributed by atoms with E-state index in [4.69, 9.17) is 0 Å². The third-order valence-corrected chi connectivity index (χ3v) is 5.14. The molecule has 5 heteroatoms. The molecule has 0 bridgehead atoms. The number of hydrogen-bond acceptors (Lipinski definition) is 2. The molecule has 1 N–H and O–H groups in total. The minimum atomic E-state index is -4.45. The molecule has 1 heterocycles. The van der Waals surface area contributed by atoms with Gasteiger partial charge in [0.05, 0.1) is 5.56 Å². The number of alkyl halides is 3. The molecular formula is C16H15F3OS. The fourth-order valence-corrected chi connectivity index (χ4v) is 4.06. The number of aryl methyl sites for hydroxylation is 2. The highest BCUT2D eigenvalue weighted by atomic mass is 32.1. The Morgan fingerprint density at radius 2 is 1.81 bits per heavy atom. The zero-order valence-electron chi connectivity index (χ0n) is 11.3. The molecule has 1 unspecified atom stereocenters. The van der Waals surface area contributed by atoms with E-state index >= 15 is 0 Å². The van der Waals surface area contributed by atoms with Crippen molar-refractivity contribution in [2.24, 2.45) is 0 Å². The molecule has 0 saturated heterocycles. The van der Waals surface area contributed by atoms with Gasteiger partial charge in [-0.05, 0) is 48.9 Å². The average Bonchev–Trinajstić information content (AvgIpc) is 2.89. The molecule has 1 atom stereocenters. The molecule has 1 aliphatic carbocycles. The second kappa shape index (κ2) is 5.46. The summed E-state index contributed by atoms with van der Waals surface area (Å²) in [7, 11) is 0. The van der Waals surface area contributed by atoms with Crippen LogP contribution in [-0.2, 0) is 19.0 Å². The zero-order chi connectivity index (χ0) is 15.0. The molecule has 0 radical (unpaired) electrons. The van der Waals surface area contributed by atoms with Crippen LogP contribution in [0.3, 0.4) is 0 Å². The summed E-state index contributed by atoms with van der Waals surface area (Å²) in [6, 6.07) is 7.12. The predicted octanol–water partition coefficient (Wildman–Crippen LogP) is 4.73. The number of aliphatic hydroxyl groups is 1. The largest absolute Gasteiger partial charge is 0.416 e. The van der Waals surface area contributed by atoms with E-state index in [-0.39, 0.29) is 5.56 Å². The van der Waals surface area contributed by atoms with Gasteiger partial charge in [-0.15, -0.1) is 11.3 Å². The van der Waals surface area contributed by atoms with Gasteiger partial charge in [-0.25, -0.2) is 0 Å². The van der Waals surface area contributed by atoms with E-state index in [9.17, 15) is 18.3 Å². The highest BCUT2D eigenvalue weighted by molar-refractivity contribution is 7.12. The Morgan fingerprint density at radius 1 is 1.10 bits per heavy atom. The molecule has 3 rings (SSSR count). The molecular weight excluding hydrogens is 297 g/mol. The second-order valence-corrected chi connectivity index (χ2v) is 6.46. The van der Waals surface area contributed by atoms with Crippen LogP contribution >= 0.6 is 11.3 Å². The number of fused-ring (bicyclic) bond motifs is 1. The summed E-state index contributed by atoms with van der Waals surface area (Å²) in [6.07, 6.45) is -1.51. The number of aliphatic hydroxyl groups excluding tert-OH is 1. The molecule has 1 nitrogen and oxygen atoms in total. The number of rotatable bonds is 2. The summed E-state index contributed by atoms with van der Waals surface area (Å²) in [5.74, 6) is 0. The lowest BCUT2D eigenvalue weighted by Crippen LogP contribution is -2.12. The quantitative estimate of drug-likeness (QED) is 0.850. The van der Waals surface area contributed by atoms with E-state index in [2.05, 4.69) is 0 Å². The molecule has 1 aromatic heterocycles. The van der Waals surface area contributed by atoms with Gasteiger partial charge >= 0.3 is 6.18 Å². The van der Waals surface area contributed by atoms with Crippen LogP contribution in [0.4, 0.5) is 13.2 Å². The molecule has 0 saturated carbocycles. The third-order valence-electron chi connectivity index (χ3n) is 3.85. The Balaban J connectivity index is 1.99. The smallest absolute Gasteiger partial charge is 0.383 e. The zero-order valence-corrected chi connectivity index (χ0v) is 12.1. The van der Waals surface area contributed by atoms with Crippen LogP contribution in [0.15, 0.2) is 30.3 Å². The Kier molecular flexibility index (Phi) is 3.80. The summed E-state index contributed by atoms with van der Waals surface area (Å²) in [6.45, 7) is 0. The molecule has 1 aromatic carbocycles. The van der Waals surface area contributed by atoms with Crippen LogP contribution in [0.25, 0.3) is 0 Å². The highest BCUT2D eigenvalue weighted by Crippen LogP contribution is 2.40. The molecule has 2 aromatic rings. The van der Waals surface area contributed by atoms with Gasteiger partial charge in [-0.3, -0.25) is 0 Å². The molecule has 0 aliphatic heterocycles. The predicted molar refractivity (Wildman–Crippen MR) is 76.5 cm³/mol. The molecule has 1 aliphatic rings. The van der Waals surface area contributed by atoms with Crippen molar-refractivity contribution < 1.29 is 18.3 Å². The van der Waals surface area contributed by atoms with Crippen molar-refractivity contribution in [2.45, 2.75) is 38.0 Å². The molecule has 112 valence electrons. The van der Waals surface area contributed by atoms with E-state index in [0.29, 0.717) is 4.88 Å². The number of benzene rings is 1. The maximum Gasteiger partial charge on any atom is 0.416 e. The molecule has 21 heavy (non-hydrogen) atoms. The topological polar surface area (TPSA) is 20.2 Å². The SMILES string of the molecule is OC(c1cc2c(s1)CCCC2)c1ccccc1C(F)(F)F. The Bertz CT molecular complexity index is 622. The van der Waals surface area contributed by atoms with Crippen LogP contribution in [0, 0.1) is 0 Å². The highest BCUT2D eigenvalue weighted by Gasteiger charge is 2.35. The number of thiophene rings is 1. The number of hydrogen-bond donors (Lipinski definition) is 1. The summed E-state index contributed by atoms with van der Waals surface area (Å²) >= 11 is 1.44. The van der Waals surface area contributed by atoms with Crippen molar-refractivity contribution in [3.05, 3.63) is 56.8 Å². The first-order chi connectivity index (χ1) is 9.97. The normalized spacial score (nSPS) is 16.6. The van der Waals surface area contributed by atoms with Crippen molar-refractivity contribution in [3.63, 3.8) is 0 Å². The van der Waals surface area contributed by atoms with Gasteiger partial charge in [0.2, 0.25) is 0 Å². The maximum absolute atomic E-state index is 13.0. The van der Waals surface area contributed by atoms with Crippen molar-refractivity contribution >= 4 is 11.3 Å². The number of halogens is 3. The van der Waals surface area contributed by atoms with Crippen LogP contribution in [0.1, 0.15) is 45.4 Å². The standard InChI is InChI=1S/C16H15F3OS/c17-16(18,19)12-7-3-2-6-11(12)15(20)14-9-10-5-1-4-8-13(10)21-14/h2-3,6-7,9,15,20H,1,4-5,8H2. The van der Waals surface area contributed by atoms with Gasteiger partial charge in [0.1, 0.15) is 6.10 Å². The monoisotopic (exact) mass is 312 g/mol. The van der Waals surface area contributed by atoms with Gasteiger partial charge in [-0.1, -0.05) is 18.2 Å². The van der Waals surface area contributed by atoms with Gasteiger partial charge in [0.25, 0.3) is 0 Å². The minimum Gasteiger partial charge on any atom is -0.383 e. The van der Waals surface area contributed by atoms with Gasteiger partial charge in [0, 0.05) is 9.75 Å². The van der Waals surface area contributed by atoms with E-state index in [1.165, 1.54) is 40.0 Å². The summed E-state index contributed by atoms with van der Waals surface area (Å²) in [5.41, 5.74) is 0.359. The maximum atomic E-state index is 13.0.